The summed E-state index contributed by atoms with van der Waals surface area (Å²) in [4.78, 5) is 11.5. The maximum Gasteiger partial charge on any atom is 0.115 e. The molecule has 0 atom stereocenters. The van der Waals surface area contributed by atoms with Crippen LogP contribution in [-0.2, 0) is 0 Å². The lowest BCUT2D eigenvalue weighted by molar-refractivity contribution is 1.16. The summed E-state index contributed by atoms with van der Waals surface area (Å²) in [6.45, 7) is 3.44. The average Bonchev–Trinajstić information content (AvgIpc) is 2.15. The Kier molecular flexibility index (Phi) is 2.84. The second-order valence-corrected chi connectivity index (χ2v) is 1.97. The average molecular weight is 160 g/mol. The highest BCUT2D eigenvalue weighted by molar-refractivity contribution is 6.37. The molecule has 0 saturated carbocycles. The number of aliphatic imine (C=N–C) groups is 1. The van der Waals surface area contributed by atoms with E-state index in [1.54, 1.807) is 12.4 Å². The molecule has 1 aromatic heterocycles. The van der Waals surface area contributed by atoms with E-state index in [2.05, 4.69) is 21.5 Å². The summed E-state index contributed by atoms with van der Waals surface area (Å²) in [5.41, 5.74) is 1.22. The molecule has 0 saturated heterocycles. The van der Waals surface area contributed by atoms with Gasteiger partial charge in [-0.15, -0.1) is 0 Å². The van der Waals surface area contributed by atoms with Crippen molar-refractivity contribution in [3.05, 3.63) is 37.1 Å². The van der Waals surface area contributed by atoms with E-state index < -0.39 is 0 Å². The molecule has 0 spiro atoms. The minimum atomic E-state index is 0.505. The number of hydrogen-bond donors (Lipinski definition) is 1. The maximum absolute atomic E-state index is 7.04. The highest BCUT2D eigenvalue weighted by Crippen LogP contribution is 1.94. The zero-order valence-electron chi connectivity index (χ0n) is 6.44. The third-order valence-corrected chi connectivity index (χ3v) is 1.22. The lowest BCUT2D eigenvalue weighted by atomic mass is 10.2. The molecule has 4 heteroatoms. The van der Waals surface area contributed by atoms with Crippen LogP contribution < -0.4 is 0 Å². The lowest BCUT2D eigenvalue weighted by Crippen LogP contribution is -2.01. The van der Waals surface area contributed by atoms with Gasteiger partial charge < -0.3 is 5.41 Å². The van der Waals surface area contributed by atoms with Gasteiger partial charge in [0.05, 0.1) is 5.71 Å². The van der Waals surface area contributed by atoms with Crippen molar-refractivity contribution >= 4 is 11.9 Å². The highest BCUT2D eigenvalue weighted by atomic mass is 14.8. The zero-order chi connectivity index (χ0) is 8.81. The first-order valence-corrected chi connectivity index (χ1v) is 3.33. The molecule has 0 radical (unpaired) electrons. The van der Waals surface area contributed by atoms with Gasteiger partial charge in [0, 0.05) is 30.4 Å². The van der Waals surface area contributed by atoms with Crippen LogP contribution in [0.4, 0.5) is 0 Å². The van der Waals surface area contributed by atoms with Crippen molar-refractivity contribution in [2.75, 3.05) is 0 Å². The first kappa shape index (κ1) is 8.26. The van der Waals surface area contributed by atoms with Crippen molar-refractivity contribution in [3.8, 4) is 0 Å². The number of nitrogens with one attached hydrogen (secondary N) is 1. The summed E-state index contributed by atoms with van der Waals surface area (Å²) in [7, 11) is 0. The maximum atomic E-state index is 7.04. The number of rotatable bonds is 3. The first-order valence-electron chi connectivity index (χ1n) is 3.33. The van der Waals surface area contributed by atoms with E-state index in [0.29, 0.717) is 11.3 Å². The summed E-state index contributed by atoms with van der Waals surface area (Å²) in [6, 6.07) is 0. The molecule has 1 rings (SSSR count). The zero-order valence-corrected chi connectivity index (χ0v) is 6.44. The predicted molar refractivity (Wildman–Crippen MR) is 47.5 cm³/mol. The minimum absolute atomic E-state index is 0.505. The van der Waals surface area contributed by atoms with Crippen LogP contribution >= 0.6 is 0 Å². The van der Waals surface area contributed by atoms with E-state index in [1.165, 1.54) is 12.5 Å². The second-order valence-electron chi connectivity index (χ2n) is 1.97. The van der Waals surface area contributed by atoms with E-state index in [1.807, 2.05) is 0 Å². The van der Waals surface area contributed by atoms with Crippen LogP contribution in [0.3, 0.4) is 0 Å². The van der Waals surface area contributed by atoms with E-state index in [0.717, 1.165) is 6.21 Å². The molecule has 0 aliphatic rings. The number of hydrogen-bond acceptors (Lipinski definition) is 4. The molecule has 0 bridgehead atoms. The molecule has 12 heavy (non-hydrogen) atoms. The number of aromatic nitrogens is 2. The Morgan fingerprint density at radius 3 is 2.67 bits per heavy atom. The monoisotopic (exact) mass is 160 g/mol. The molecule has 1 heterocycles. The summed E-state index contributed by atoms with van der Waals surface area (Å²) in [5.74, 6) is 0. The van der Waals surface area contributed by atoms with Crippen molar-refractivity contribution in [2.24, 2.45) is 4.99 Å². The smallest absolute Gasteiger partial charge is 0.115 e. The Balaban J connectivity index is 3.03. The molecule has 60 valence electrons. The van der Waals surface area contributed by atoms with Crippen LogP contribution in [-0.4, -0.2) is 21.9 Å². The largest absolute Gasteiger partial charge is 0.306 e. The van der Waals surface area contributed by atoms with Gasteiger partial charge in [0.25, 0.3) is 0 Å². The SMILES string of the molecule is C=CN=C(C=N)c1cncnc1. The van der Waals surface area contributed by atoms with Crippen LogP contribution in [0.25, 0.3) is 0 Å². The minimum Gasteiger partial charge on any atom is -0.306 e. The standard InChI is InChI=1S/C8H8N4/c1-2-12-8(3-9)7-4-10-6-11-5-7/h2-6,9H,1H2. The van der Waals surface area contributed by atoms with E-state index in [4.69, 9.17) is 5.41 Å². The molecule has 0 amide bonds. The first-order chi connectivity index (χ1) is 5.88. The van der Waals surface area contributed by atoms with Gasteiger partial charge >= 0.3 is 0 Å². The van der Waals surface area contributed by atoms with Crippen LogP contribution in [0.2, 0.25) is 0 Å². The third-order valence-electron chi connectivity index (χ3n) is 1.22. The van der Waals surface area contributed by atoms with Gasteiger partial charge in [-0.2, -0.15) is 0 Å². The summed E-state index contributed by atoms with van der Waals surface area (Å²) < 4.78 is 0. The fourth-order valence-electron chi connectivity index (χ4n) is 0.725. The molecule has 0 aromatic carbocycles. The van der Waals surface area contributed by atoms with Crippen molar-refractivity contribution in [1.82, 2.24) is 9.97 Å². The molecule has 1 N–H and O–H groups in total. The van der Waals surface area contributed by atoms with Crippen LogP contribution in [0.1, 0.15) is 5.56 Å². The molecule has 0 unspecified atom stereocenters. The normalized spacial score (nSPS) is 10.8. The fourth-order valence-corrected chi connectivity index (χ4v) is 0.725. The lowest BCUT2D eigenvalue weighted by Gasteiger charge is -1.95. The molecule has 0 fully saturated rings. The Labute approximate surface area is 70.2 Å². The second kappa shape index (κ2) is 4.12. The van der Waals surface area contributed by atoms with Crippen LogP contribution in [0, 0.1) is 5.41 Å². The van der Waals surface area contributed by atoms with Gasteiger partial charge in [0.2, 0.25) is 0 Å². The topological polar surface area (TPSA) is 62.0 Å². The van der Waals surface area contributed by atoms with E-state index >= 15 is 0 Å². The highest BCUT2D eigenvalue weighted by Gasteiger charge is 1.97. The molecule has 0 aliphatic heterocycles. The van der Waals surface area contributed by atoms with Crippen molar-refractivity contribution in [2.45, 2.75) is 0 Å². The molecule has 0 aliphatic carbocycles. The summed E-state index contributed by atoms with van der Waals surface area (Å²) in [6.07, 6.45) is 7.15. The molecular weight excluding hydrogens is 152 g/mol. The van der Waals surface area contributed by atoms with Gasteiger partial charge in [-0.1, -0.05) is 6.58 Å². The van der Waals surface area contributed by atoms with Gasteiger partial charge in [-0.05, 0) is 0 Å². The van der Waals surface area contributed by atoms with Gasteiger partial charge in [0.1, 0.15) is 6.33 Å². The van der Waals surface area contributed by atoms with Crippen LogP contribution in [0.15, 0.2) is 36.5 Å². The molecule has 1 aromatic rings. The van der Waals surface area contributed by atoms with Crippen molar-refractivity contribution in [1.29, 1.82) is 5.41 Å². The predicted octanol–water partition coefficient (Wildman–Crippen LogP) is 1.06. The Hall–Kier alpha value is -1.84. The quantitative estimate of drug-likeness (QED) is 0.672. The van der Waals surface area contributed by atoms with Crippen molar-refractivity contribution in [3.63, 3.8) is 0 Å². The van der Waals surface area contributed by atoms with Crippen LogP contribution in [0.5, 0.6) is 0 Å². The van der Waals surface area contributed by atoms with E-state index in [-0.39, 0.29) is 0 Å². The molecular formula is C8H8N4. The summed E-state index contributed by atoms with van der Waals surface area (Å²) >= 11 is 0. The third kappa shape index (κ3) is 1.82. The Morgan fingerprint density at radius 2 is 2.17 bits per heavy atom. The molecule has 4 nitrogen and oxygen atoms in total. The Morgan fingerprint density at radius 1 is 1.50 bits per heavy atom. The van der Waals surface area contributed by atoms with Gasteiger partial charge in [-0.3, -0.25) is 4.99 Å². The summed E-state index contributed by atoms with van der Waals surface area (Å²) in [5, 5.41) is 7.04. The van der Waals surface area contributed by atoms with Gasteiger partial charge in [-0.25, -0.2) is 9.97 Å². The fraction of sp³-hybridized carbons (Fsp3) is 0. The Bertz CT molecular complexity index is 302. The number of nitrogens with zero attached hydrogens (tertiary/aromatic N) is 3. The van der Waals surface area contributed by atoms with E-state index in [9.17, 15) is 0 Å². The van der Waals surface area contributed by atoms with Gasteiger partial charge in [0.15, 0.2) is 0 Å². The van der Waals surface area contributed by atoms with Crippen molar-refractivity contribution < 1.29 is 0 Å².